The van der Waals surface area contributed by atoms with Gasteiger partial charge in [-0.2, -0.15) is 0 Å². The van der Waals surface area contributed by atoms with Crippen molar-refractivity contribution in [3.63, 3.8) is 0 Å². The first-order chi connectivity index (χ1) is 9.52. The van der Waals surface area contributed by atoms with Crippen molar-refractivity contribution in [2.45, 2.75) is 13.3 Å². The molecule has 2 rings (SSSR count). The molecule has 0 aliphatic carbocycles. The number of amides is 2. The van der Waals surface area contributed by atoms with Crippen molar-refractivity contribution in [1.82, 2.24) is 10.2 Å². The van der Waals surface area contributed by atoms with Crippen LogP contribution in [0.25, 0.3) is 6.08 Å². The quantitative estimate of drug-likeness (QED) is 0.367. The number of carbonyl (C=O) groups excluding carboxylic acids is 2. The molecule has 2 amide bonds. The van der Waals surface area contributed by atoms with E-state index in [-0.39, 0.29) is 16.6 Å². The highest BCUT2D eigenvalue weighted by Gasteiger charge is 2.32. The molecule has 1 fully saturated rings. The van der Waals surface area contributed by atoms with Gasteiger partial charge in [0.2, 0.25) is 0 Å². The van der Waals surface area contributed by atoms with Crippen molar-refractivity contribution in [2.75, 3.05) is 6.54 Å². The van der Waals surface area contributed by atoms with Crippen LogP contribution in [0.2, 0.25) is 0 Å². The molecule has 1 aliphatic rings. The number of benzene rings is 1. The fourth-order valence-electron chi connectivity index (χ4n) is 1.85. The van der Waals surface area contributed by atoms with E-state index in [1.165, 1.54) is 4.90 Å². The fourth-order valence-corrected chi connectivity index (χ4v) is 2.47. The molecule has 1 N–H and O–H groups in total. The minimum Gasteiger partial charge on any atom is -0.298 e. The Morgan fingerprint density at radius 2 is 1.95 bits per heavy atom. The summed E-state index contributed by atoms with van der Waals surface area (Å²) in [7, 11) is 0. The van der Waals surface area contributed by atoms with Crippen molar-refractivity contribution < 1.29 is 9.59 Å². The molecule has 1 saturated heterocycles. The van der Waals surface area contributed by atoms with Gasteiger partial charge in [-0.05, 0) is 65.0 Å². The monoisotopic (exact) mass is 400 g/mol. The maximum Gasteiger partial charge on any atom is 0.265 e. The molecule has 0 radical (unpaired) electrons. The first kappa shape index (κ1) is 15.1. The average molecular weight is 400 g/mol. The van der Waals surface area contributed by atoms with Crippen LogP contribution < -0.4 is 5.32 Å². The van der Waals surface area contributed by atoms with Gasteiger partial charge in [-0.25, -0.2) is 0 Å². The summed E-state index contributed by atoms with van der Waals surface area (Å²) < 4.78 is 1.10. The summed E-state index contributed by atoms with van der Waals surface area (Å²) in [5.41, 5.74) is 0.932. The maximum absolute atomic E-state index is 12.3. The first-order valence-electron chi connectivity index (χ1n) is 6.17. The average Bonchev–Trinajstić information content (AvgIpc) is 2.41. The number of carbonyl (C=O) groups is 2. The molecule has 0 unspecified atom stereocenters. The second kappa shape index (κ2) is 6.45. The number of rotatable bonds is 3. The minimum absolute atomic E-state index is 0.119. The van der Waals surface area contributed by atoms with Crippen LogP contribution in [0.1, 0.15) is 18.9 Å². The van der Waals surface area contributed by atoms with Crippen LogP contribution in [0.3, 0.4) is 0 Å². The minimum atomic E-state index is -0.439. The zero-order valence-corrected chi connectivity index (χ0v) is 13.8. The fraction of sp³-hybridized carbons (Fsp3) is 0.214. The standard InChI is InChI=1S/C14H13IN2O2S/c1-2-7-17-13(19)11(12(18)16-14(17)20)8-9-3-5-10(15)6-4-9/h3-6,8H,2,7H2,1H3,(H,16,18,20). The number of nitrogens with zero attached hydrogens (tertiary/aromatic N) is 1. The maximum atomic E-state index is 12.3. The summed E-state index contributed by atoms with van der Waals surface area (Å²) in [5.74, 6) is -0.773. The van der Waals surface area contributed by atoms with Crippen molar-refractivity contribution in [3.8, 4) is 0 Å². The van der Waals surface area contributed by atoms with Crippen LogP contribution in [0, 0.1) is 3.57 Å². The zero-order valence-electron chi connectivity index (χ0n) is 10.9. The molecular weight excluding hydrogens is 387 g/mol. The molecule has 6 heteroatoms. The Kier molecular flexibility index (Phi) is 4.87. The third-order valence-corrected chi connectivity index (χ3v) is 3.86. The molecule has 1 aromatic rings. The van der Waals surface area contributed by atoms with E-state index in [1.807, 2.05) is 31.2 Å². The summed E-state index contributed by atoms with van der Waals surface area (Å²) in [4.78, 5) is 25.7. The number of halogens is 1. The zero-order chi connectivity index (χ0) is 14.7. The molecule has 4 nitrogen and oxygen atoms in total. The molecule has 1 heterocycles. The molecular formula is C14H13IN2O2S. The summed E-state index contributed by atoms with van der Waals surface area (Å²) >= 11 is 7.23. The summed E-state index contributed by atoms with van der Waals surface area (Å²) in [6.07, 6.45) is 2.37. The van der Waals surface area contributed by atoms with Gasteiger partial charge in [-0.1, -0.05) is 19.1 Å². The Hall–Kier alpha value is -1.28. The molecule has 0 aromatic heterocycles. The number of nitrogens with one attached hydrogen (secondary N) is 1. The van der Waals surface area contributed by atoms with Gasteiger partial charge in [0.1, 0.15) is 5.57 Å². The van der Waals surface area contributed by atoms with Crippen molar-refractivity contribution in [2.24, 2.45) is 0 Å². The van der Waals surface area contributed by atoms with E-state index in [0.717, 1.165) is 15.6 Å². The van der Waals surface area contributed by atoms with Gasteiger partial charge in [0.05, 0.1) is 0 Å². The van der Waals surface area contributed by atoms with E-state index in [2.05, 4.69) is 27.9 Å². The third-order valence-electron chi connectivity index (χ3n) is 2.81. The van der Waals surface area contributed by atoms with Crippen LogP contribution in [-0.4, -0.2) is 28.4 Å². The van der Waals surface area contributed by atoms with Gasteiger partial charge < -0.3 is 0 Å². The van der Waals surface area contributed by atoms with Gasteiger partial charge in [0.25, 0.3) is 11.8 Å². The van der Waals surface area contributed by atoms with Gasteiger partial charge >= 0.3 is 0 Å². The van der Waals surface area contributed by atoms with Crippen molar-refractivity contribution in [1.29, 1.82) is 0 Å². The molecule has 104 valence electrons. The molecule has 0 bridgehead atoms. The summed E-state index contributed by atoms with van der Waals surface area (Å²) in [5, 5.41) is 2.74. The first-order valence-corrected chi connectivity index (χ1v) is 7.66. The highest BCUT2D eigenvalue weighted by atomic mass is 127. The molecule has 1 aromatic carbocycles. The van der Waals surface area contributed by atoms with E-state index in [0.29, 0.717) is 6.54 Å². The smallest absolute Gasteiger partial charge is 0.265 e. The van der Waals surface area contributed by atoms with Gasteiger partial charge in [-0.3, -0.25) is 19.8 Å². The molecule has 0 saturated carbocycles. The van der Waals surface area contributed by atoms with Crippen molar-refractivity contribution >= 4 is 57.8 Å². The lowest BCUT2D eigenvalue weighted by atomic mass is 10.1. The summed E-state index contributed by atoms with van der Waals surface area (Å²) in [6.45, 7) is 2.46. The Morgan fingerprint density at radius 3 is 2.55 bits per heavy atom. The summed E-state index contributed by atoms with van der Waals surface area (Å²) in [6, 6.07) is 7.58. The Labute approximate surface area is 136 Å². The van der Waals surface area contributed by atoms with Crippen molar-refractivity contribution in [3.05, 3.63) is 39.0 Å². The van der Waals surface area contributed by atoms with E-state index in [9.17, 15) is 9.59 Å². The Bertz CT molecular complexity index is 596. The van der Waals surface area contributed by atoms with Gasteiger partial charge in [0, 0.05) is 10.1 Å². The Balaban J connectivity index is 2.33. The lowest BCUT2D eigenvalue weighted by Crippen LogP contribution is -2.54. The molecule has 1 aliphatic heterocycles. The van der Waals surface area contributed by atoms with E-state index in [1.54, 1.807) is 6.08 Å². The largest absolute Gasteiger partial charge is 0.298 e. The molecule has 20 heavy (non-hydrogen) atoms. The normalized spacial score (nSPS) is 17.6. The molecule has 0 atom stereocenters. The van der Waals surface area contributed by atoms with Crippen LogP contribution in [0.5, 0.6) is 0 Å². The predicted octanol–water partition coefficient (Wildman–Crippen LogP) is 2.33. The predicted molar refractivity (Wildman–Crippen MR) is 89.9 cm³/mol. The lowest BCUT2D eigenvalue weighted by Gasteiger charge is -2.28. The Morgan fingerprint density at radius 1 is 1.30 bits per heavy atom. The second-order valence-electron chi connectivity index (χ2n) is 4.33. The third kappa shape index (κ3) is 3.24. The number of thiocarbonyl (C=S) groups is 1. The number of hydrogen-bond donors (Lipinski definition) is 1. The SMILES string of the molecule is CCCN1C(=O)C(=Cc2ccc(I)cc2)C(=O)NC1=S. The molecule has 0 spiro atoms. The topological polar surface area (TPSA) is 49.4 Å². The van der Waals surface area contributed by atoms with E-state index in [4.69, 9.17) is 12.2 Å². The highest BCUT2D eigenvalue weighted by Crippen LogP contribution is 2.16. The van der Waals surface area contributed by atoms with Crippen LogP contribution >= 0.6 is 34.8 Å². The lowest BCUT2D eigenvalue weighted by molar-refractivity contribution is -0.128. The second-order valence-corrected chi connectivity index (χ2v) is 5.96. The van der Waals surface area contributed by atoms with Gasteiger partial charge in [0.15, 0.2) is 5.11 Å². The van der Waals surface area contributed by atoms with Crippen LogP contribution in [-0.2, 0) is 9.59 Å². The van der Waals surface area contributed by atoms with Crippen LogP contribution in [0.15, 0.2) is 29.8 Å². The van der Waals surface area contributed by atoms with E-state index >= 15 is 0 Å². The van der Waals surface area contributed by atoms with Crippen LogP contribution in [0.4, 0.5) is 0 Å². The number of hydrogen-bond acceptors (Lipinski definition) is 3. The van der Waals surface area contributed by atoms with Gasteiger partial charge in [-0.15, -0.1) is 0 Å². The van der Waals surface area contributed by atoms with E-state index < -0.39 is 5.91 Å². The highest BCUT2D eigenvalue weighted by molar-refractivity contribution is 14.1.